The molecule has 1 rings (SSSR count). The lowest BCUT2D eigenvalue weighted by molar-refractivity contribution is -0.126. The van der Waals surface area contributed by atoms with Crippen molar-refractivity contribution in [2.45, 2.75) is 66.2 Å². The van der Waals surface area contributed by atoms with Crippen LogP contribution in [0.1, 0.15) is 48.0 Å². The van der Waals surface area contributed by atoms with Crippen LogP contribution in [-0.2, 0) is 9.53 Å². The van der Waals surface area contributed by atoms with E-state index in [0.717, 1.165) is 19.6 Å². The molecule has 0 radical (unpaired) electrons. The highest BCUT2D eigenvalue weighted by molar-refractivity contribution is 5.86. The number of likely N-dealkylation sites (tertiary alicyclic amines) is 1. The smallest absolute Gasteiger partial charge is 0.152 e. The van der Waals surface area contributed by atoms with Gasteiger partial charge in [0.1, 0.15) is 0 Å². The van der Waals surface area contributed by atoms with Gasteiger partial charge in [0.05, 0.1) is 12.1 Å². The van der Waals surface area contributed by atoms with Crippen molar-refractivity contribution in [3.05, 3.63) is 0 Å². The van der Waals surface area contributed by atoms with E-state index >= 15 is 0 Å². The summed E-state index contributed by atoms with van der Waals surface area (Å²) in [6.07, 6.45) is 1.09. The summed E-state index contributed by atoms with van der Waals surface area (Å²) >= 11 is 0. The fourth-order valence-corrected chi connectivity index (χ4v) is 2.51. The number of Topliss-reactive ketones (excluding diaryl/α,β-unsaturated/α-hetero) is 1. The van der Waals surface area contributed by atoms with Gasteiger partial charge < -0.3 is 4.74 Å². The zero-order valence-corrected chi connectivity index (χ0v) is 12.8. The maximum atomic E-state index is 12.2. The average Bonchev–Trinajstić information content (AvgIpc) is 2.69. The Hall–Kier alpha value is -0.410. The minimum atomic E-state index is 0.0576. The molecule has 1 fully saturated rings. The van der Waals surface area contributed by atoms with Crippen LogP contribution in [0.2, 0.25) is 0 Å². The highest BCUT2D eigenvalue weighted by atomic mass is 16.5. The van der Waals surface area contributed by atoms with Crippen molar-refractivity contribution in [1.82, 2.24) is 4.90 Å². The highest BCUT2D eigenvalue weighted by Gasteiger charge is 2.39. The first-order valence-corrected chi connectivity index (χ1v) is 7.24. The van der Waals surface area contributed by atoms with Crippen LogP contribution in [0.15, 0.2) is 0 Å². The Balaban J connectivity index is 2.62. The molecule has 1 aliphatic rings. The van der Waals surface area contributed by atoms with Crippen LogP contribution in [0.3, 0.4) is 0 Å². The topological polar surface area (TPSA) is 29.5 Å². The number of ether oxygens (including phenoxy) is 1. The third-order valence-electron chi connectivity index (χ3n) is 3.53. The number of ketones is 1. The molecule has 2 atom stereocenters. The Morgan fingerprint density at radius 1 is 1.22 bits per heavy atom. The molecule has 0 unspecified atom stereocenters. The minimum absolute atomic E-state index is 0.0576. The second-order valence-electron chi connectivity index (χ2n) is 6.45. The Morgan fingerprint density at radius 3 is 2.28 bits per heavy atom. The molecule has 1 aliphatic heterocycles. The first-order chi connectivity index (χ1) is 8.32. The number of carbonyl (C=O) groups is 1. The van der Waals surface area contributed by atoms with E-state index in [-0.39, 0.29) is 18.1 Å². The predicted molar refractivity (Wildman–Crippen MR) is 74.7 cm³/mol. The van der Waals surface area contributed by atoms with E-state index in [4.69, 9.17) is 4.74 Å². The van der Waals surface area contributed by atoms with Crippen molar-refractivity contribution in [3.8, 4) is 0 Å². The molecule has 18 heavy (non-hydrogen) atoms. The van der Waals surface area contributed by atoms with E-state index in [1.807, 2.05) is 13.8 Å². The molecular formula is C15H29NO2. The van der Waals surface area contributed by atoms with Crippen molar-refractivity contribution in [2.75, 3.05) is 13.2 Å². The number of nitrogens with zero attached hydrogens (tertiary/aromatic N) is 1. The Bertz CT molecular complexity index is 274. The van der Waals surface area contributed by atoms with Crippen molar-refractivity contribution < 1.29 is 9.53 Å². The van der Waals surface area contributed by atoms with Crippen LogP contribution in [0.4, 0.5) is 0 Å². The first kappa shape index (κ1) is 15.6. The van der Waals surface area contributed by atoms with Gasteiger partial charge in [-0.3, -0.25) is 9.69 Å². The van der Waals surface area contributed by atoms with Gasteiger partial charge in [-0.25, -0.2) is 0 Å². The van der Waals surface area contributed by atoms with Crippen molar-refractivity contribution in [1.29, 1.82) is 0 Å². The lowest BCUT2D eigenvalue weighted by atomic mass is 9.99. The van der Waals surface area contributed by atoms with E-state index in [9.17, 15) is 4.79 Å². The normalized spacial score (nSPS) is 25.6. The largest absolute Gasteiger partial charge is 0.377 e. The summed E-state index contributed by atoms with van der Waals surface area (Å²) in [4.78, 5) is 14.5. The molecule has 0 N–H and O–H groups in total. The van der Waals surface area contributed by atoms with E-state index in [2.05, 4.69) is 32.6 Å². The summed E-state index contributed by atoms with van der Waals surface area (Å²) < 4.78 is 5.91. The summed E-state index contributed by atoms with van der Waals surface area (Å²) in [5.74, 6) is 1.02. The maximum Gasteiger partial charge on any atom is 0.152 e. The second kappa shape index (κ2) is 6.67. The molecule has 0 aromatic heterocycles. The standard InChI is InChI=1S/C15H29NO2/c1-10(2)9-18-13-7-14(15(17)11(3)4)16(8-13)12(5)6/h10-14H,7-9H2,1-6H3/t13-,14-/m0/s1. The zero-order valence-electron chi connectivity index (χ0n) is 12.8. The van der Waals surface area contributed by atoms with Crippen LogP contribution >= 0.6 is 0 Å². The molecule has 0 aliphatic carbocycles. The molecule has 0 spiro atoms. The van der Waals surface area contributed by atoms with Gasteiger partial charge in [-0.15, -0.1) is 0 Å². The summed E-state index contributed by atoms with van der Waals surface area (Å²) in [7, 11) is 0. The molecule has 106 valence electrons. The number of carbonyl (C=O) groups excluding carboxylic acids is 1. The molecule has 0 bridgehead atoms. The van der Waals surface area contributed by atoms with Gasteiger partial charge in [-0.2, -0.15) is 0 Å². The Morgan fingerprint density at radius 2 is 1.83 bits per heavy atom. The zero-order chi connectivity index (χ0) is 13.9. The van der Waals surface area contributed by atoms with Crippen LogP contribution in [0.25, 0.3) is 0 Å². The second-order valence-corrected chi connectivity index (χ2v) is 6.45. The molecule has 1 heterocycles. The summed E-state index contributed by atoms with van der Waals surface area (Å²) in [6.45, 7) is 14.3. The van der Waals surface area contributed by atoms with Gasteiger partial charge in [0.2, 0.25) is 0 Å². The molecule has 3 heteroatoms. The molecular weight excluding hydrogens is 226 g/mol. The SMILES string of the molecule is CC(C)CO[C@H]1C[C@@H](C(=O)C(C)C)N(C(C)C)C1. The first-order valence-electron chi connectivity index (χ1n) is 7.24. The average molecular weight is 255 g/mol. The lowest BCUT2D eigenvalue weighted by Gasteiger charge is -2.27. The fraction of sp³-hybridized carbons (Fsp3) is 0.933. The summed E-state index contributed by atoms with van der Waals surface area (Å²) in [5.41, 5.74) is 0. The molecule has 0 aromatic rings. The van der Waals surface area contributed by atoms with Crippen LogP contribution < -0.4 is 0 Å². The molecule has 0 aromatic carbocycles. The van der Waals surface area contributed by atoms with Crippen molar-refractivity contribution in [2.24, 2.45) is 11.8 Å². The van der Waals surface area contributed by atoms with Crippen molar-refractivity contribution >= 4 is 5.78 Å². The van der Waals surface area contributed by atoms with Gasteiger partial charge in [0.25, 0.3) is 0 Å². The van der Waals surface area contributed by atoms with E-state index in [1.54, 1.807) is 0 Å². The Labute approximate surface area is 112 Å². The Kier molecular flexibility index (Phi) is 5.80. The van der Waals surface area contributed by atoms with Crippen LogP contribution in [0, 0.1) is 11.8 Å². The number of hydrogen-bond acceptors (Lipinski definition) is 3. The monoisotopic (exact) mass is 255 g/mol. The quantitative estimate of drug-likeness (QED) is 0.731. The molecule has 1 saturated heterocycles. The van der Waals surface area contributed by atoms with Crippen molar-refractivity contribution in [3.63, 3.8) is 0 Å². The molecule has 0 amide bonds. The maximum absolute atomic E-state index is 12.2. The van der Waals surface area contributed by atoms with Gasteiger partial charge in [0.15, 0.2) is 5.78 Å². The lowest BCUT2D eigenvalue weighted by Crippen LogP contribution is -2.42. The van der Waals surface area contributed by atoms with E-state index < -0.39 is 0 Å². The van der Waals surface area contributed by atoms with Gasteiger partial charge in [-0.1, -0.05) is 27.7 Å². The predicted octanol–water partition coefficient (Wildman–Crippen LogP) is 2.74. The van der Waals surface area contributed by atoms with Gasteiger partial charge in [0, 0.05) is 25.1 Å². The van der Waals surface area contributed by atoms with Gasteiger partial charge >= 0.3 is 0 Å². The van der Waals surface area contributed by atoms with E-state index in [1.165, 1.54) is 0 Å². The van der Waals surface area contributed by atoms with Crippen LogP contribution in [0.5, 0.6) is 0 Å². The fourth-order valence-electron chi connectivity index (χ4n) is 2.51. The number of hydrogen-bond donors (Lipinski definition) is 0. The molecule has 0 saturated carbocycles. The minimum Gasteiger partial charge on any atom is -0.377 e. The molecule has 3 nitrogen and oxygen atoms in total. The number of rotatable bonds is 6. The highest BCUT2D eigenvalue weighted by Crippen LogP contribution is 2.25. The van der Waals surface area contributed by atoms with Crippen LogP contribution in [-0.4, -0.2) is 42.0 Å². The van der Waals surface area contributed by atoms with Gasteiger partial charge in [-0.05, 0) is 26.2 Å². The summed E-state index contributed by atoms with van der Waals surface area (Å²) in [5, 5.41) is 0. The third-order valence-corrected chi connectivity index (χ3v) is 3.53. The van der Waals surface area contributed by atoms with E-state index in [0.29, 0.717) is 17.7 Å². The third kappa shape index (κ3) is 4.06. The summed E-state index contributed by atoms with van der Waals surface area (Å²) in [6, 6.07) is 0.465.